The molecule has 0 radical (unpaired) electrons. The highest BCUT2D eigenvalue weighted by Crippen LogP contribution is 2.47. The van der Waals surface area contributed by atoms with Crippen molar-refractivity contribution in [3.63, 3.8) is 0 Å². The van der Waals surface area contributed by atoms with Crippen LogP contribution in [0.4, 0.5) is 24.5 Å². The number of para-hydroxylation sites is 1. The van der Waals surface area contributed by atoms with Crippen molar-refractivity contribution in [3.8, 4) is 6.07 Å². The molecule has 0 aromatic heterocycles. The second-order valence-corrected chi connectivity index (χ2v) is 5.87. The van der Waals surface area contributed by atoms with E-state index in [9.17, 15) is 22.8 Å². The van der Waals surface area contributed by atoms with Crippen LogP contribution in [-0.4, -0.2) is 11.8 Å². The minimum Gasteiger partial charge on any atom is -0.324 e. The number of nitrogens with one attached hydrogen (secondary N) is 2. The van der Waals surface area contributed by atoms with Gasteiger partial charge in [-0.3, -0.25) is 9.59 Å². The first-order valence-corrected chi connectivity index (χ1v) is 7.64. The van der Waals surface area contributed by atoms with Crippen LogP contribution in [0.1, 0.15) is 18.4 Å². The SMILES string of the molecule is N#Cc1ccccc1NC(=O)C1(C(=O)Nc2ccc(F)c(F)c2F)CC1. The molecule has 132 valence electrons. The molecule has 1 saturated carbocycles. The van der Waals surface area contributed by atoms with Crippen LogP contribution < -0.4 is 10.6 Å². The molecule has 3 rings (SSSR count). The van der Waals surface area contributed by atoms with Crippen LogP contribution in [0, 0.1) is 34.2 Å². The van der Waals surface area contributed by atoms with Gasteiger partial charge in [-0.2, -0.15) is 5.26 Å². The molecular weight excluding hydrogens is 347 g/mol. The molecule has 2 aromatic carbocycles. The Morgan fingerprint density at radius 2 is 1.54 bits per heavy atom. The first kappa shape index (κ1) is 17.5. The number of amides is 2. The number of hydrogen-bond donors (Lipinski definition) is 2. The van der Waals surface area contributed by atoms with Crippen molar-refractivity contribution in [2.45, 2.75) is 12.8 Å². The van der Waals surface area contributed by atoms with Crippen molar-refractivity contribution < 1.29 is 22.8 Å². The third kappa shape index (κ3) is 2.99. The van der Waals surface area contributed by atoms with Gasteiger partial charge in [0.15, 0.2) is 17.5 Å². The number of hydrogen-bond acceptors (Lipinski definition) is 3. The summed E-state index contributed by atoms with van der Waals surface area (Å²) in [6.45, 7) is 0. The highest BCUT2D eigenvalue weighted by Gasteiger charge is 2.56. The van der Waals surface area contributed by atoms with Gasteiger partial charge in [0.1, 0.15) is 11.5 Å². The van der Waals surface area contributed by atoms with Crippen molar-refractivity contribution in [2.75, 3.05) is 10.6 Å². The van der Waals surface area contributed by atoms with Crippen molar-refractivity contribution in [3.05, 3.63) is 59.4 Å². The number of rotatable bonds is 4. The Balaban J connectivity index is 1.78. The summed E-state index contributed by atoms with van der Waals surface area (Å²) in [6, 6.07) is 9.74. The monoisotopic (exact) mass is 359 g/mol. The molecule has 1 fully saturated rings. The summed E-state index contributed by atoms with van der Waals surface area (Å²) < 4.78 is 40.0. The summed E-state index contributed by atoms with van der Waals surface area (Å²) in [6.07, 6.45) is 0.426. The first-order valence-electron chi connectivity index (χ1n) is 7.64. The topological polar surface area (TPSA) is 82.0 Å². The summed E-state index contributed by atoms with van der Waals surface area (Å²) in [5.74, 6) is -6.10. The Kier molecular flexibility index (Phi) is 4.38. The number of nitriles is 1. The molecule has 5 nitrogen and oxygen atoms in total. The molecule has 0 atom stereocenters. The van der Waals surface area contributed by atoms with Crippen LogP contribution in [0.25, 0.3) is 0 Å². The van der Waals surface area contributed by atoms with Gasteiger partial charge in [0.25, 0.3) is 0 Å². The molecule has 1 aliphatic carbocycles. The number of nitrogens with zero attached hydrogens (tertiary/aromatic N) is 1. The number of carbonyl (C=O) groups excluding carboxylic acids is 2. The van der Waals surface area contributed by atoms with E-state index in [0.717, 1.165) is 6.07 Å². The Morgan fingerprint density at radius 1 is 0.923 bits per heavy atom. The Bertz CT molecular complexity index is 949. The quantitative estimate of drug-likeness (QED) is 0.649. The summed E-state index contributed by atoms with van der Waals surface area (Å²) >= 11 is 0. The molecule has 8 heteroatoms. The van der Waals surface area contributed by atoms with Crippen LogP contribution in [0.5, 0.6) is 0 Å². The molecule has 0 aliphatic heterocycles. The van der Waals surface area contributed by atoms with Crippen molar-refractivity contribution in [2.24, 2.45) is 5.41 Å². The maximum Gasteiger partial charge on any atom is 0.240 e. The summed E-state index contributed by atoms with van der Waals surface area (Å²) in [7, 11) is 0. The van der Waals surface area contributed by atoms with Crippen molar-refractivity contribution >= 4 is 23.2 Å². The largest absolute Gasteiger partial charge is 0.324 e. The molecule has 2 aromatic rings. The molecular formula is C18H12F3N3O2. The predicted molar refractivity (Wildman–Crippen MR) is 86.4 cm³/mol. The average Bonchev–Trinajstić information content (AvgIpc) is 3.44. The average molecular weight is 359 g/mol. The van der Waals surface area contributed by atoms with Gasteiger partial charge in [0.2, 0.25) is 11.8 Å². The molecule has 2 N–H and O–H groups in total. The fourth-order valence-electron chi connectivity index (χ4n) is 2.48. The number of carbonyl (C=O) groups is 2. The van der Waals surface area contributed by atoms with Crippen LogP contribution in [0.2, 0.25) is 0 Å². The van der Waals surface area contributed by atoms with Gasteiger partial charge < -0.3 is 10.6 Å². The lowest BCUT2D eigenvalue weighted by molar-refractivity contribution is -0.131. The van der Waals surface area contributed by atoms with Gasteiger partial charge in [-0.1, -0.05) is 12.1 Å². The lowest BCUT2D eigenvalue weighted by Crippen LogP contribution is -2.36. The molecule has 0 bridgehead atoms. The molecule has 26 heavy (non-hydrogen) atoms. The zero-order valence-electron chi connectivity index (χ0n) is 13.3. The smallest absolute Gasteiger partial charge is 0.240 e. The fraction of sp³-hybridized carbons (Fsp3) is 0.167. The Morgan fingerprint density at radius 3 is 2.15 bits per heavy atom. The molecule has 0 unspecified atom stereocenters. The summed E-state index contributed by atoms with van der Waals surface area (Å²) in [5, 5.41) is 13.7. The van der Waals surface area contributed by atoms with Gasteiger partial charge in [-0.05, 0) is 37.1 Å². The van der Waals surface area contributed by atoms with E-state index in [-0.39, 0.29) is 24.1 Å². The standard InChI is InChI=1S/C18H12F3N3O2/c19-11-5-6-13(15(21)14(11)20)24-17(26)18(7-8-18)16(25)23-12-4-2-1-3-10(12)9-22/h1-6H,7-8H2,(H,23,25)(H,24,26). The van der Waals surface area contributed by atoms with Crippen LogP contribution in [0.3, 0.4) is 0 Å². The second kappa shape index (κ2) is 6.52. The first-order chi connectivity index (χ1) is 12.4. The van der Waals surface area contributed by atoms with E-state index in [4.69, 9.17) is 5.26 Å². The van der Waals surface area contributed by atoms with E-state index >= 15 is 0 Å². The number of anilines is 2. The van der Waals surface area contributed by atoms with E-state index < -0.39 is 40.4 Å². The van der Waals surface area contributed by atoms with E-state index in [1.165, 1.54) is 12.1 Å². The lowest BCUT2D eigenvalue weighted by Gasteiger charge is -2.16. The maximum absolute atomic E-state index is 13.7. The highest BCUT2D eigenvalue weighted by molar-refractivity contribution is 6.17. The second-order valence-electron chi connectivity index (χ2n) is 5.87. The number of halogens is 3. The van der Waals surface area contributed by atoms with Crippen molar-refractivity contribution in [1.29, 1.82) is 5.26 Å². The van der Waals surface area contributed by atoms with E-state index in [1.54, 1.807) is 12.1 Å². The third-order valence-electron chi connectivity index (χ3n) is 4.20. The van der Waals surface area contributed by atoms with Crippen LogP contribution in [-0.2, 0) is 9.59 Å². The van der Waals surface area contributed by atoms with Gasteiger partial charge in [-0.15, -0.1) is 0 Å². The van der Waals surface area contributed by atoms with Gasteiger partial charge >= 0.3 is 0 Å². The lowest BCUT2D eigenvalue weighted by atomic mass is 10.0. The van der Waals surface area contributed by atoms with Crippen LogP contribution >= 0.6 is 0 Å². The van der Waals surface area contributed by atoms with Gasteiger partial charge in [-0.25, -0.2) is 13.2 Å². The fourth-order valence-corrected chi connectivity index (χ4v) is 2.48. The zero-order valence-corrected chi connectivity index (χ0v) is 13.3. The minimum atomic E-state index is -1.71. The zero-order chi connectivity index (χ0) is 18.9. The van der Waals surface area contributed by atoms with E-state index in [0.29, 0.717) is 6.07 Å². The third-order valence-corrected chi connectivity index (χ3v) is 4.20. The Labute approximate surface area is 146 Å². The number of benzene rings is 2. The highest BCUT2D eigenvalue weighted by atomic mass is 19.2. The molecule has 0 spiro atoms. The van der Waals surface area contributed by atoms with Gasteiger partial charge in [0.05, 0.1) is 16.9 Å². The van der Waals surface area contributed by atoms with Crippen molar-refractivity contribution in [1.82, 2.24) is 0 Å². The van der Waals surface area contributed by atoms with E-state index in [2.05, 4.69) is 10.6 Å². The molecule has 0 heterocycles. The molecule has 0 saturated heterocycles. The predicted octanol–water partition coefficient (Wildman–Crippen LogP) is 3.33. The maximum atomic E-state index is 13.7. The normalized spacial score (nSPS) is 14.2. The van der Waals surface area contributed by atoms with Crippen LogP contribution in [0.15, 0.2) is 36.4 Å². The molecule has 2 amide bonds. The molecule has 1 aliphatic rings. The van der Waals surface area contributed by atoms with E-state index in [1.807, 2.05) is 6.07 Å². The van der Waals surface area contributed by atoms with Gasteiger partial charge in [0, 0.05) is 0 Å². The summed E-state index contributed by atoms with van der Waals surface area (Å²) in [4.78, 5) is 24.9. The Hall–Kier alpha value is -3.34. The minimum absolute atomic E-state index is 0.213. The summed E-state index contributed by atoms with van der Waals surface area (Å²) in [5.41, 5.74) is -1.52.